The first-order valence-corrected chi connectivity index (χ1v) is 10.1. The van der Waals surface area contributed by atoms with Crippen molar-refractivity contribution < 1.29 is 14.0 Å². The number of fused-ring (bicyclic) bond motifs is 2. The van der Waals surface area contributed by atoms with Gasteiger partial charge in [0.15, 0.2) is 5.58 Å². The predicted molar refractivity (Wildman–Crippen MR) is 120 cm³/mol. The molecule has 0 radical (unpaired) electrons. The van der Waals surface area contributed by atoms with Gasteiger partial charge in [0, 0.05) is 17.7 Å². The van der Waals surface area contributed by atoms with E-state index in [4.69, 9.17) is 10.2 Å². The Labute approximate surface area is 182 Å². The van der Waals surface area contributed by atoms with E-state index in [2.05, 4.69) is 31.1 Å². The lowest BCUT2D eigenvalue weighted by Gasteiger charge is -2.18. The molecule has 0 unspecified atom stereocenters. The number of anilines is 1. The van der Waals surface area contributed by atoms with Gasteiger partial charge in [-0.1, -0.05) is 32.9 Å². The van der Waals surface area contributed by atoms with Crippen LogP contribution in [0.25, 0.3) is 28.2 Å². The molecule has 1 aliphatic heterocycles. The maximum atomic E-state index is 12.7. The van der Waals surface area contributed by atoms with Crippen LogP contribution in [0.1, 0.15) is 47.1 Å². The number of aromatic nitrogens is 2. The van der Waals surface area contributed by atoms with Crippen molar-refractivity contribution in [1.82, 2.24) is 14.9 Å². The van der Waals surface area contributed by atoms with Gasteiger partial charge in [0.25, 0.3) is 17.4 Å². The first-order chi connectivity index (χ1) is 15.1. The molecule has 2 aromatic carbocycles. The summed E-state index contributed by atoms with van der Waals surface area (Å²) in [6.45, 7) is 6.44. The van der Waals surface area contributed by atoms with Crippen LogP contribution in [0.4, 0.5) is 5.82 Å². The van der Waals surface area contributed by atoms with Gasteiger partial charge in [0.05, 0.1) is 16.8 Å². The molecular formula is C24H20N4O4. The van der Waals surface area contributed by atoms with Crippen molar-refractivity contribution in [3.05, 3.63) is 75.6 Å². The molecule has 4 aromatic rings. The smallest absolute Gasteiger partial charge is 0.262 e. The van der Waals surface area contributed by atoms with Gasteiger partial charge < -0.3 is 10.2 Å². The molecule has 5 rings (SSSR count). The van der Waals surface area contributed by atoms with Crippen LogP contribution in [-0.2, 0) is 5.41 Å². The van der Waals surface area contributed by atoms with E-state index in [1.165, 1.54) is 10.1 Å². The summed E-state index contributed by atoms with van der Waals surface area (Å²) in [7, 11) is 0. The highest BCUT2D eigenvalue weighted by Crippen LogP contribution is 2.30. The van der Waals surface area contributed by atoms with Crippen LogP contribution in [0, 0.1) is 0 Å². The van der Waals surface area contributed by atoms with Gasteiger partial charge in [-0.3, -0.25) is 24.3 Å². The van der Waals surface area contributed by atoms with Crippen molar-refractivity contribution in [1.29, 1.82) is 0 Å². The number of benzene rings is 2. The molecule has 2 amide bonds. The molecule has 8 nitrogen and oxygen atoms in total. The number of rotatable bonds is 2. The first kappa shape index (κ1) is 19.7. The van der Waals surface area contributed by atoms with Crippen molar-refractivity contribution in [3.63, 3.8) is 0 Å². The third-order valence-electron chi connectivity index (χ3n) is 5.58. The molecular weight excluding hydrogens is 408 g/mol. The van der Waals surface area contributed by atoms with Gasteiger partial charge in [0.2, 0.25) is 5.89 Å². The van der Waals surface area contributed by atoms with E-state index < -0.39 is 17.4 Å². The summed E-state index contributed by atoms with van der Waals surface area (Å²) in [4.78, 5) is 41.2. The second-order valence-corrected chi connectivity index (χ2v) is 8.77. The normalized spacial score (nSPS) is 13.5. The molecule has 2 aromatic heterocycles. The van der Waals surface area contributed by atoms with E-state index >= 15 is 0 Å². The van der Waals surface area contributed by atoms with E-state index in [-0.39, 0.29) is 22.4 Å². The van der Waals surface area contributed by atoms with E-state index in [1.807, 2.05) is 24.3 Å². The molecule has 32 heavy (non-hydrogen) atoms. The van der Waals surface area contributed by atoms with Gasteiger partial charge in [0.1, 0.15) is 11.3 Å². The quantitative estimate of drug-likeness (QED) is 0.472. The number of amides is 2. The first-order valence-electron chi connectivity index (χ1n) is 10.1. The Morgan fingerprint density at radius 2 is 1.69 bits per heavy atom. The summed E-state index contributed by atoms with van der Waals surface area (Å²) in [6, 6.07) is 14.1. The maximum absolute atomic E-state index is 12.7. The van der Waals surface area contributed by atoms with Crippen molar-refractivity contribution in [2.24, 2.45) is 0 Å². The lowest BCUT2D eigenvalue weighted by atomic mass is 9.87. The second-order valence-electron chi connectivity index (χ2n) is 8.77. The molecule has 0 atom stereocenters. The SMILES string of the molecule is CC(C)(C)c1ccc(-c2nc3ccc(-n4c(N)c5c(cc4=O)C(=O)NC5=O)cc3o2)cc1. The van der Waals surface area contributed by atoms with Crippen molar-refractivity contribution in [2.75, 3.05) is 5.73 Å². The lowest BCUT2D eigenvalue weighted by molar-refractivity contribution is 0.0880. The van der Waals surface area contributed by atoms with E-state index in [0.29, 0.717) is 22.7 Å². The molecule has 8 heteroatoms. The number of nitrogens with zero attached hydrogens (tertiary/aromatic N) is 2. The third kappa shape index (κ3) is 2.99. The van der Waals surface area contributed by atoms with Crippen LogP contribution in [-0.4, -0.2) is 21.4 Å². The molecule has 0 saturated carbocycles. The topological polar surface area (TPSA) is 120 Å². The molecule has 0 aliphatic carbocycles. The minimum atomic E-state index is -0.631. The summed E-state index contributed by atoms with van der Waals surface area (Å²) >= 11 is 0. The number of carbonyl (C=O) groups excluding carboxylic acids is 2. The van der Waals surface area contributed by atoms with Crippen LogP contribution in [0.15, 0.2) is 57.7 Å². The molecule has 3 N–H and O–H groups in total. The monoisotopic (exact) mass is 428 g/mol. The highest BCUT2D eigenvalue weighted by molar-refractivity contribution is 6.23. The molecule has 0 fully saturated rings. The van der Waals surface area contributed by atoms with Gasteiger partial charge in [-0.2, -0.15) is 0 Å². The maximum Gasteiger partial charge on any atom is 0.262 e. The fourth-order valence-corrected chi connectivity index (χ4v) is 3.83. The summed E-state index contributed by atoms with van der Waals surface area (Å²) in [5, 5.41) is 2.15. The number of hydrogen-bond acceptors (Lipinski definition) is 6. The van der Waals surface area contributed by atoms with Crippen molar-refractivity contribution in [3.8, 4) is 17.1 Å². The Hall–Kier alpha value is -4.20. The fourth-order valence-electron chi connectivity index (χ4n) is 3.83. The summed E-state index contributed by atoms with van der Waals surface area (Å²) < 4.78 is 7.13. The number of imide groups is 1. The number of oxazole rings is 1. The Kier molecular flexibility index (Phi) is 4.10. The molecule has 160 valence electrons. The summed E-state index contributed by atoms with van der Waals surface area (Å²) in [5.74, 6) is -0.906. The Morgan fingerprint density at radius 3 is 2.38 bits per heavy atom. The zero-order chi connectivity index (χ0) is 22.8. The van der Waals surface area contributed by atoms with Crippen molar-refractivity contribution in [2.45, 2.75) is 26.2 Å². The van der Waals surface area contributed by atoms with Crippen LogP contribution in [0.3, 0.4) is 0 Å². The summed E-state index contributed by atoms with van der Waals surface area (Å²) in [6.07, 6.45) is 0. The number of nitrogens with two attached hydrogens (primary N) is 1. The Morgan fingerprint density at radius 1 is 0.969 bits per heavy atom. The number of carbonyl (C=O) groups is 2. The van der Waals surface area contributed by atoms with Crippen LogP contribution < -0.4 is 16.6 Å². The van der Waals surface area contributed by atoms with E-state index in [0.717, 1.165) is 11.6 Å². The van der Waals surface area contributed by atoms with Gasteiger partial charge in [-0.05, 0) is 35.2 Å². The van der Waals surface area contributed by atoms with E-state index in [1.54, 1.807) is 18.2 Å². The zero-order valence-corrected chi connectivity index (χ0v) is 17.7. The van der Waals surface area contributed by atoms with Gasteiger partial charge in [-0.15, -0.1) is 0 Å². The van der Waals surface area contributed by atoms with Crippen LogP contribution in [0.5, 0.6) is 0 Å². The van der Waals surface area contributed by atoms with Crippen LogP contribution in [0.2, 0.25) is 0 Å². The Balaban J connectivity index is 1.59. The van der Waals surface area contributed by atoms with Gasteiger partial charge in [-0.25, -0.2) is 4.98 Å². The number of pyridine rings is 1. The molecule has 0 saturated heterocycles. The van der Waals surface area contributed by atoms with Crippen molar-refractivity contribution >= 4 is 28.7 Å². The van der Waals surface area contributed by atoms with E-state index in [9.17, 15) is 14.4 Å². The largest absolute Gasteiger partial charge is 0.436 e. The summed E-state index contributed by atoms with van der Waals surface area (Å²) in [5.41, 5.74) is 9.12. The highest BCUT2D eigenvalue weighted by atomic mass is 16.3. The Bertz CT molecular complexity index is 1490. The lowest BCUT2D eigenvalue weighted by Crippen LogP contribution is -2.24. The fraction of sp³-hybridized carbons (Fsp3) is 0.167. The molecule has 0 spiro atoms. The average Bonchev–Trinajstić information content (AvgIpc) is 3.27. The molecule has 0 bridgehead atoms. The minimum Gasteiger partial charge on any atom is -0.436 e. The second kappa shape index (κ2) is 6.65. The minimum absolute atomic E-state index is 0.00751. The standard InChI is InChI=1S/C24H20N4O4/c1-24(2,3)13-6-4-12(5-7-13)23-26-16-9-8-14(10-17(16)32-23)28-18(29)11-15-19(20(28)25)22(31)27-21(15)30/h4-11H,25H2,1-3H3,(H,27,30,31). The number of nitrogen functional groups attached to an aromatic ring is 1. The number of nitrogens with one attached hydrogen (secondary N) is 1. The highest BCUT2D eigenvalue weighted by Gasteiger charge is 2.32. The van der Waals surface area contributed by atoms with Crippen LogP contribution >= 0.6 is 0 Å². The van der Waals surface area contributed by atoms with Gasteiger partial charge >= 0.3 is 0 Å². The molecule has 1 aliphatic rings. The third-order valence-corrected chi connectivity index (χ3v) is 5.58. The number of hydrogen-bond donors (Lipinski definition) is 2. The average molecular weight is 428 g/mol. The predicted octanol–water partition coefficient (Wildman–Crippen LogP) is 3.41. The molecule has 3 heterocycles. The zero-order valence-electron chi connectivity index (χ0n) is 17.7.